The highest BCUT2D eigenvalue weighted by Gasteiger charge is 2.07. The molecular weight excluding hydrogens is 238 g/mol. The van der Waals surface area contributed by atoms with E-state index < -0.39 is 5.82 Å². The molecule has 1 aromatic carbocycles. The van der Waals surface area contributed by atoms with Crippen LogP contribution in [0.25, 0.3) is 11.3 Å². The molecule has 76 valence electrons. The summed E-state index contributed by atoms with van der Waals surface area (Å²) >= 11 is 11.5. The molecule has 1 heterocycles. The maximum absolute atomic E-state index is 12.9. The minimum atomic E-state index is -0.472. The molecule has 0 unspecified atom stereocenters. The Bertz CT molecular complexity index is 503. The lowest BCUT2D eigenvalue weighted by atomic mass is 10.1. The fourth-order valence-electron chi connectivity index (χ4n) is 1.16. The Kier molecular flexibility index (Phi) is 2.84. The monoisotopic (exact) mass is 242 g/mol. The summed E-state index contributed by atoms with van der Waals surface area (Å²) in [6, 6.07) is 4.28. The summed E-state index contributed by atoms with van der Waals surface area (Å²) in [6.07, 6.45) is 3.00. The van der Waals surface area contributed by atoms with Crippen molar-refractivity contribution in [1.82, 2.24) is 9.97 Å². The Morgan fingerprint density at radius 2 is 1.80 bits per heavy atom. The maximum atomic E-state index is 12.9. The van der Waals surface area contributed by atoms with Gasteiger partial charge >= 0.3 is 0 Å². The number of halogens is 3. The zero-order valence-corrected chi connectivity index (χ0v) is 8.93. The smallest absolute Gasteiger partial charge is 0.155 e. The van der Waals surface area contributed by atoms with Crippen LogP contribution >= 0.6 is 23.2 Å². The topological polar surface area (TPSA) is 25.8 Å². The SMILES string of the molecule is Fc1ccc(-c2nccnc2Cl)cc1Cl. The van der Waals surface area contributed by atoms with Gasteiger partial charge in [0, 0.05) is 18.0 Å². The second kappa shape index (κ2) is 4.13. The van der Waals surface area contributed by atoms with Crippen molar-refractivity contribution in [2.45, 2.75) is 0 Å². The molecule has 0 atom stereocenters. The van der Waals surface area contributed by atoms with Crippen LogP contribution in [-0.2, 0) is 0 Å². The predicted molar refractivity (Wildman–Crippen MR) is 57.4 cm³/mol. The third kappa shape index (κ3) is 2.08. The van der Waals surface area contributed by atoms with Gasteiger partial charge in [-0.2, -0.15) is 0 Å². The molecule has 0 bridgehead atoms. The molecule has 2 aromatic rings. The van der Waals surface area contributed by atoms with Gasteiger partial charge in [0.15, 0.2) is 5.15 Å². The lowest BCUT2D eigenvalue weighted by molar-refractivity contribution is 0.628. The highest BCUT2D eigenvalue weighted by Crippen LogP contribution is 2.26. The van der Waals surface area contributed by atoms with Crippen LogP contribution in [0.1, 0.15) is 0 Å². The quantitative estimate of drug-likeness (QED) is 0.764. The van der Waals surface area contributed by atoms with Crippen molar-refractivity contribution in [3.05, 3.63) is 46.6 Å². The Morgan fingerprint density at radius 3 is 2.47 bits per heavy atom. The standard InChI is InChI=1S/C10H5Cl2FN2/c11-7-5-6(1-2-8(7)13)9-10(12)15-4-3-14-9/h1-5H. The number of aromatic nitrogens is 2. The van der Waals surface area contributed by atoms with Gasteiger partial charge in [-0.15, -0.1) is 0 Å². The number of hydrogen-bond donors (Lipinski definition) is 0. The van der Waals surface area contributed by atoms with E-state index in [1.54, 1.807) is 6.07 Å². The molecule has 0 aliphatic heterocycles. The van der Waals surface area contributed by atoms with Gasteiger partial charge in [-0.05, 0) is 18.2 Å². The summed E-state index contributed by atoms with van der Waals surface area (Å²) in [6.45, 7) is 0. The van der Waals surface area contributed by atoms with Crippen molar-refractivity contribution >= 4 is 23.2 Å². The highest BCUT2D eigenvalue weighted by molar-refractivity contribution is 6.32. The molecule has 0 amide bonds. The van der Waals surface area contributed by atoms with Gasteiger partial charge in [0.1, 0.15) is 11.5 Å². The van der Waals surface area contributed by atoms with E-state index in [9.17, 15) is 4.39 Å². The number of benzene rings is 1. The molecule has 0 fully saturated rings. The van der Waals surface area contributed by atoms with E-state index in [2.05, 4.69) is 9.97 Å². The summed E-state index contributed by atoms with van der Waals surface area (Å²) in [7, 11) is 0. The van der Waals surface area contributed by atoms with E-state index in [0.29, 0.717) is 11.3 Å². The second-order valence-corrected chi connectivity index (χ2v) is 3.59. The summed E-state index contributed by atoms with van der Waals surface area (Å²) in [5, 5.41) is 0.300. The van der Waals surface area contributed by atoms with Crippen LogP contribution in [0.15, 0.2) is 30.6 Å². The first-order valence-corrected chi connectivity index (χ1v) is 4.86. The minimum Gasteiger partial charge on any atom is -0.251 e. The lowest BCUT2D eigenvalue weighted by Crippen LogP contribution is -1.88. The van der Waals surface area contributed by atoms with Crippen LogP contribution in [-0.4, -0.2) is 9.97 Å². The molecule has 0 N–H and O–H groups in total. The highest BCUT2D eigenvalue weighted by atomic mass is 35.5. The van der Waals surface area contributed by atoms with Crippen LogP contribution in [0, 0.1) is 5.82 Å². The number of rotatable bonds is 1. The second-order valence-electron chi connectivity index (χ2n) is 2.82. The van der Waals surface area contributed by atoms with Crippen LogP contribution in [0.3, 0.4) is 0 Å². The average molecular weight is 243 g/mol. The first-order chi connectivity index (χ1) is 7.18. The molecular formula is C10H5Cl2FN2. The van der Waals surface area contributed by atoms with E-state index in [0.717, 1.165) is 0 Å². The molecule has 0 aliphatic rings. The fourth-order valence-corrected chi connectivity index (χ4v) is 1.55. The summed E-state index contributed by atoms with van der Waals surface area (Å²) in [5.41, 5.74) is 1.13. The zero-order valence-electron chi connectivity index (χ0n) is 7.42. The molecule has 0 spiro atoms. The molecule has 0 saturated heterocycles. The first-order valence-electron chi connectivity index (χ1n) is 4.10. The Morgan fingerprint density at radius 1 is 1.07 bits per heavy atom. The molecule has 5 heteroatoms. The van der Waals surface area contributed by atoms with Crippen LogP contribution in [0.2, 0.25) is 10.2 Å². The molecule has 0 saturated carbocycles. The van der Waals surface area contributed by atoms with Crippen molar-refractivity contribution in [3.8, 4) is 11.3 Å². The van der Waals surface area contributed by atoms with E-state index in [-0.39, 0.29) is 10.2 Å². The fraction of sp³-hybridized carbons (Fsp3) is 0. The van der Waals surface area contributed by atoms with Crippen molar-refractivity contribution in [2.24, 2.45) is 0 Å². The molecule has 2 nitrogen and oxygen atoms in total. The van der Waals surface area contributed by atoms with Crippen molar-refractivity contribution in [3.63, 3.8) is 0 Å². The predicted octanol–water partition coefficient (Wildman–Crippen LogP) is 3.59. The summed E-state index contributed by atoms with van der Waals surface area (Å²) < 4.78 is 12.9. The van der Waals surface area contributed by atoms with Gasteiger partial charge < -0.3 is 0 Å². The molecule has 0 radical (unpaired) electrons. The largest absolute Gasteiger partial charge is 0.251 e. The van der Waals surface area contributed by atoms with E-state index >= 15 is 0 Å². The van der Waals surface area contributed by atoms with Gasteiger partial charge in [0.25, 0.3) is 0 Å². The van der Waals surface area contributed by atoms with Crippen LogP contribution in [0.4, 0.5) is 4.39 Å². The van der Waals surface area contributed by atoms with E-state index in [1.165, 1.54) is 24.5 Å². The Balaban J connectivity index is 2.55. The van der Waals surface area contributed by atoms with Crippen molar-refractivity contribution < 1.29 is 4.39 Å². The van der Waals surface area contributed by atoms with Gasteiger partial charge in [0.05, 0.1) is 5.02 Å². The van der Waals surface area contributed by atoms with Gasteiger partial charge in [-0.25, -0.2) is 9.37 Å². The summed E-state index contributed by atoms with van der Waals surface area (Å²) in [4.78, 5) is 7.92. The van der Waals surface area contributed by atoms with Gasteiger partial charge in [-0.3, -0.25) is 4.98 Å². The Labute approximate surface area is 95.7 Å². The third-order valence-electron chi connectivity index (χ3n) is 1.85. The van der Waals surface area contributed by atoms with Gasteiger partial charge in [-0.1, -0.05) is 23.2 Å². The first kappa shape index (κ1) is 10.3. The third-order valence-corrected chi connectivity index (χ3v) is 2.41. The van der Waals surface area contributed by atoms with E-state index in [1.807, 2.05) is 0 Å². The molecule has 1 aromatic heterocycles. The van der Waals surface area contributed by atoms with Crippen LogP contribution in [0.5, 0.6) is 0 Å². The zero-order chi connectivity index (χ0) is 10.8. The molecule has 15 heavy (non-hydrogen) atoms. The van der Waals surface area contributed by atoms with E-state index in [4.69, 9.17) is 23.2 Å². The van der Waals surface area contributed by atoms with Crippen molar-refractivity contribution in [2.75, 3.05) is 0 Å². The van der Waals surface area contributed by atoms with Gasteiger partial charge in [0.2, 0.25) is 0 Å². The number of nitrogens with zero attached hydrogens (tertiary/aromatic N) is 2. The molecule has 2 rings (SSSR count). The van der Waals surface area contributed by atoms with Crippen LogP contribution < -0.4 is 0 Å². The normalized spacial score (nSPS) is 10.3. The van der Waals surface area contributed by atoms with Crippen molar-refractivity contribution in [1.29, 1.82) is 0 Å². The summed E-state index contributed by atoms with van der Waals surface area (Å²) in [5.74, 6) is -0.472. The number of hydrogen-bond acceptors (Lipinski definition) is 2. The lowest BCUT2D eigenvalue weighted by Gasteiger charge is -2.02. The minimum absolute atomic E-state index is 0.0363. The molecule has 0 aliphatic carbocycles. The maximum Gasteiger partial charge on any atom is 0.155 e. The average Bonchev–Trinajstić information content (AvgIpc) is 2.23. The Hall–Kier alpha value is -1.19.